The van der Waals surface area contributed by atoms with Gasteiger partial charge in [0, 0.05) is 24.7 Å². The molecule has 1 aromatic rings. The minimum absolute atomic E-state index is 0.0367. The molecular weight excluding hydrogens is 664 g/mol. The van der Waals surface area contributed by atoms with Crippen LogP contribution in [0.5, 0.6) is 5.75 Å². The van der Waals surface area contributed by atoms with Gasteiger partial charge in [-0.1, -0.05) is 64.2 Å². The minimum atomic E-state index is -0.362. The molecular formula is C46H74O7. The van der Waals surface area contributed by atoms with Crippen LogP contribution in [0, 0.1) is 35.5 Å². The molecule has 0 aliphatic heterocycles. The number of rotatable bonds is 24. The molecule has 2 N–H and O–H groups in total. The van der Waals surface area contributed by atoms with E-state index in [2.05, 4.69) is 25.6 Å². The van der Waals surface area contributed by atoms with E-state index < -0.39 is 0 Å². The molecule has 0 bridgehead atoms. The number of ether oxygens (including phenoxy) is 3. The maximum absolute atomic E-state index is 12.0. The molecule has 0 unspecified atom stereocenters. The lowest BCUT2D eigenvalue weighted by atomic mass is 9.64. The zero-order valence-corrected chi connectivity index (χ0v) is 33.5. The first kappa shape index (κ1) is 43.3. The Hall–Kier alpha value is -2.38. The maximum Gasteiger partial charge on any atom is 0.333 e. The third-order valence-corrected chi connectivity index (χ3v) is 13.2. The standard InChI is InChI=1S/C46H74O7/c1-4-5-6-10-35-14-16-37(17-15-35)38-18-20-39(21-19-38)40-22-24-41(25-23-40)44-29-42(12-8-26-51-33-49)45(52-27-7-11-36(31-47)32-48)43(30-44)13-9-28-53-46(50)34(2)3/h29-30,33,35-41,47-48H,2,4-28,31-32H2,1,3H3. The fourth-order valence-electron chi connectivity index (χ4n) is 9.95. The van der Waals surface area contributed by atoms with E-state index >= 15 is 0 Å². The molecule has 0 heterocycles. The van der Waals surface area contributed by atoms with Gasteiger partial charge in [-0.3, -0.25) is 4.79 Å². The summed E-state index contributed by atoms with van der Waals surface area (Å²) in [5.41, 5.74) is 4.06. The lowest BCUT2D eigenvalue weighted by Crippen LogP contribution is -2.29. The second-order valence-electron chi connectivity index (χ2n) is 17.0. The smallest absolute Gasteiger partial charge is 0.333 e. The number of esters is 1. The van der Waals surface area contributed by atoms with Crippen molar-refractivity contribution in [2.45, 2.75) is 161 Å². The number of hydrogen-bond acceptors (Lipinski definition) is 7. The summed E-state index contributed by atoms with van der Waals surface area (Å²) in [7, 11) is 0. The molecule has 0 atom stereocenters. The molecule has 0 spiro atoms. The van der Waals surface area contributed by atoms with Gasteiger partial charge in [-0.05, 0) is 162 Å². The third kappa shape index (κ3) is 14.3. The van der Waals surface area contributed by atoms with Gasteiger partial charge in [0.2, 0.25) is 0 Å². The van der Waals surface area contributed by atoms with Crippen LogP contribution in [0.15, 0.2) is 24.3 Å². The van der Waals surface area contributed by atoms with Gasteiger partial charge in [0.25, 0.3) is 6.47 Å². The quantitative estimate of drug-likeness (QED) is 0.0471. The van der Waals surface area contributed by atoms with Gasteiger partial charge in [0.05, 0.1) is 19.8 Å². The number of aliphatic hydroxyl groups excluding tert-OH is 2. The molecule has 300 valence electrons. The highest BCUT2D eigenvalue weighted by atomic mass is 16.5. The molecule has 3 fully saturated rings. The monoisotopic (exact) mass is 739 g/mol. The Morgan fingerprint density at radius 2 is 1.32 bits per heavy atom. The van der Waals surface area contributed by atoms with Crippen LogP contribution in [0.3, 0.4) is 0 Å². The van der Waals surface area contributed by atoms with Crippen LogP contribution in [0.25, 0.3) is 0 Å². The van der Waals surface area contributed by atoms with E-state index in [1.54, 1.807) is 6.92 Å². The highest BCUT2D eigenvalue weighted by Crippen LogP contribution is 2.48. The summed E-state index contributed by atoms with van der Waals surface area (Å²) in [4.78, 5) is 22.9. The number of carbonyl (C=O) groups excluding carboxylic acids is 2. The normalized spacial score (nSPS) is 24.8. The van der Waals surface area contributed by atoms with Crippen LogP contribution in [-0.4, -0.2) is 55.7 Å². The maximum atomic E-state index is 12.0. The third-order valence-electron chi connectivity index (χ3n) is 13.2. The Morgan fingerprint density at radius 3 is 1.85 bits per heavy atom. The van der Waals surface area contributed by atoms with Crippen molar-refractivity contribution < 1.29 is 34.0 Å². The number of benzene rings is 1. The van der Waals surface area contributed by atoms with E-state index in [4.69, 9.17) is 14.2 Å². The van der Waals surface area contributed by atoms with Gasteiger partial charge in [0.15, 0.2) is 0 Å². The predicted octanol–water partition coefficient (Wildman–Crippen LogP) is 10.1. The molecule has 4 rings (SSSR count). The molecule has 3 aliphatic carbocycles. The van der Waals surface area contributed by atoms with Gasteiger partial charge in [-0.15, -0.1) is 0 Å². The molecule has 7 nitrogen and oxygen atoms in total. The Bertz CT molecular complexity index is 1200. The summed E-state index contributed by atoms with van der Waals surface area (Å²) in [6.45, 7) is 9.28. The van der Waals surface area contributed by atoms with Gasteiger partial charge in [-0.25, -0.2) is 4.79 Å². The molecule has 0 saturated heterocycles. The SMILES string of the molecule is C=C(C)C(=O)OCCCc1cc(C2CCC(C3CCC(C4CCC(CCCCC)CC4)CC3)CC2)cc(CCCOC=O)c1OCCCC(CO)CO. The number of aliphatic hydroxyl groups is 2. The fourth-order valence-corrected chi connectivity index (χ4v) is 9.95. The second kappa shape index (κ2) is 24.2. The van der Waals surface area contributed by atoms with Gasteiger partial charge >= 0.3 is 5.97 Å². The highest BCUT2D eigenvalue weighted by molar-refractivity contribution is 5.86. The van der Waals surface area contributed by atoms with Crippen LogP contribution >= 0.6 is 0 Å². The van der Waals surface area contributed by atoms with Crippen LogP contribution in [0.2, 0.25) is 0 Å². The van der Waals surface area contributed by atoms with E-state index in [0.717, 1.165) is 65.7 Å². The first-order valence-corrected chi connectivity index (χ1v) is 21.7. The molecule has 53 heavy (non-hydrogen) atoms. The van der Waals surface area contributed by atoms with Crippen molar-refractivity contribution in [1.82, 2.24) is 0 Å². The van der Waals surface area contributed by atoms with Crippen LogP contribution in [0.4, 0.5) is 0 Å². The zero-order chi connectivity index (χ0) is 37.8. The Labute approximate surface area is 322 Å². The van der Waals surface area contributed by atoms with Gasteiger partial charge in [0.1, 0.15) is 5.75 Å². The van der Waals surface area contributed by atoms with Crippen LogP contribution in [0.1, 0.15) is 165 Å². The average Bonchev–Trinajstić information content (AvgIpc) is 3.19. The predicted molar refractivity (Wildman–Crippen MR) is 213 cm³/mol. The Balaban J connectivity index is 1.37. The van der Waals surface area contributed by atoms with Gasteiger partial charge in [-0.2, -0.15) is 0 Å². The molecule has 7 heteroatoms. The van der Waals surface area contributed by atoms with Crippen molar-refractivity contribution in [3.05, 3.63) is 41.0 Å². The van der Waals surface area contributed by atoms with E-state index in [1.807, 2.05) is 0 Å². The lowest BCUT2D eigenvalue weighted by molar-refractivity contribution is -0.139. The molecule has 3 saturated carbocycles. The highest BCUT2D eigenvalue weighted by Gasteiger charge is 2.35. The molecule has 0 aromatic heterocycles. The van der Waals surface area contributed by atoms with Crippen molar-refractivity contribution in [2.24, 2.45) is 35.5 Å². The number of carbonyl (C=O) groups is 2. The van der Waals surface area contributed by atoms with Crippen molar-refractivity contribution in [2.75, 3.05) is 33.0 Å². The fraction of sp³-hybridized carbons (Fsp3) is 0.783. The van der Waals surface area contributed by atoms with Crippen molar-refractivity contribution >= 4 is 12.4 Å². The number of unbranched alkanes of at least 4 members (excludes halogenated alkanes) is 2. The lowest BCUT2D eigenvalue weighted by Gasteiger charge is -2.41. The van der Waals surface area contributed by atoms with Crippen molar-refractivity contribution in [1.29, 1.82) is 0 Å². The van der Waals surface area contributed by atoms with Crippen LogP contribution in [-0.2, 0) is 31.9 Å². The molecule has 0 radical (unpaired) electrons. The summed E-state index contributed by atoms with van der Waals surface area (Å²) in [6, 6.07) is 4.69. The van der Waals surface area contributed by atoms with Crippen molar-refractivity contribution in [3.8, 4) is 5.75 Å². The van der Waals surface area contributed by atoms with E-state index in [-0.39, 0.29) is 25.1 Å². The van der Waals surface area contributed by atoms with E-state index in [9.17, 15) is 19.8 Å². The number of hydrogen-bond donors (Lipinski definition) is 2. The molecule has 1 aromatic carbocycles. The zero-order valence-electron chi connectivity index (χ0n) is 33.5. The van der Waals surface area contributed by atoms with Crippen LogP contribution < -0.4 is 4.74 Å². The summed E-state index contributed by atoms with van der Waals surface area (Å²) in [5, 5.41) is 19.0. The summed E-state index contributed by atoms with van der Waals surface area (Å²) in [5.74, 6) is 5.62. The summed E-state index contributed by atoms with van der Waals surface area (Å²) >= 11 is 0. The van der Waals surface area contributed by atoms with E-state index in [0.29, 0.717) is 57.0 Å². The summed E-state index contributed by atoms with van der Waals surface area (Å²) < 4.78 is 17.0. The van der Waals surface area contributed by atoms with E-state index in [1.165, 1.54) is 108 Å². The average molecular weight is 739 g/mol. The largest absolute Gasteiger partial charge is 0.493 e. The Morgan fingerprint density at radius 1 is 0.774 bits per heavy atom. The Kier molecular flexibility index (Phi) is 19.8. The minimum Gasteiger partial charge on any atom is -0.493 e. The second-order valence-corrected chi connectivity index (χ2v) is 17.0. The molecule has 0 amide bonds. The van der Waals surface area contributed by atoms with Gasteiger partial charge < -0.3 is 24.4 Å². The first-order chi connectivity index (χ1) is 25.9. The topological polar surface area (TPSA) is 102 Å². The van der Waals surface area contributed by atoms with Crippen molar-refractivity contribution in [3.63, 3.8) is 0 Å². The summed E-state index contributed by atoms with van der Waals surface area (Å²) in [6.07, 6.45) is 26.7. The first-order valence-electron chi connectivity index (χ1n) is 21.7. The number of aryl methyl sites for hydroxylation is 2. The molecule has 3 aliphatic rings.